The summed E-state index contributed by atoms with van der Waals surface area (Å²) in [7, 11) is 0. The summed E-state index contributed by atoms with van der Waals surface area (Å²) in [4.78, 5) is 0. The fourth-order valence-corrected chi connectivity index (χ4v) is 1.95. The van der Waals surface area contributed by atoms with Crippen molar-refractivity contribution < 1.29 is 4.74 Å². The van der Waals surface area contributed by atoms with Gasteiger partial charge in [0.1, 0.15) is 5.69 Å². The van der Waals surface area contributed by atoms with Crippen molar-refractivity contribution in [3.05, 3.63) is 36.0 Å². The summed E-state index contributed by atoms with van der Waals surface area (Å²) in [5.41, 5.74) is 9.88. The molecule has 0 aliphatic heterocycles. The van der Waals surface area contributed by atoms with E-state index < -0.39 is 0 Å². The molecule has 0 radical (unpaired) electrons. The number of nitrogens with zero attached hydrogens (tertiary/aromatic N) is 2. The predicted molar refractivity (Wildman–Crippen MR) is 73.9 cm³/mol. The van der Waals surface area contributed by atoms with Crippen molar-refractivity contribution in [2.45, 2.75) is 26.7 Å². The van der Waals surface area contributed by atoms with E-state index in [1.165, 1.54) is 0 Å². The van der Waals surface area contributed by atoms with E-state index in [9.17, 15) is 0 Å². The number of rotatable bonds is 5. The lowest BCUT2D eigenvalue weighted by molar-refractivity contribution is 0.305. The number of ether oxygens (including phenoxy) is 1. The van der Waals surface area contributed by atoms with Crippen molar-refractivity contribution in [1.82, 2.24) is 9.61 Å². The second kappa shape index (κ2) is 5.12. The molecular weight excluding hydrogens is 226 g/mol. The molecule has 0 bridgehead atoms. The molecule has 2 aromatic heterocycles. The zero-order valence-electron chi connectivity index (χ0n) is 10.9. The highest BCUT2D eigenvalue weighted by atomic mass is 16.5. The zero-order chi connectivity index (χ0) is 13.1. The molecule has 0 aliphatic rings. The minimum Gasteiger partial charge on any atom is -0.475 e. The van der Waals surface area contributed by atoms with Gasteiger partial charge in [-0.15, -0.1) is 5.10 Å². The van der Waals surface area contributed by atoms with Gasteiger partial charge in [-0.25, -0.2) is 4.52 Å². The summed E-state index contributed by atoms with van der Waals surface area (Å²) in [6, 6.07) is 4.01. The highest BCUT2D eigenvalue weighted by molar-refractivity contribution is 5.78. The molecular formula is C14H19N3O. The monoisotopic (exact) mass is 245 g/mol. The molecule has 2 N–H and O–H groups in total. The Balaban J connectivity index is 2.47. The lowest BCUT2D eigenvalue weighted by atomic mass is 10.1. The lowest BCUT2D eigenvalue weighted by Crippen LogP contribution is -1.98. The molecule has 96 valence electrons. The van der Waals surface area contributed by atoms with Gasteiger partial charge < -0.3 is 10.5 Å². The minimum atomic E-state index is 0.519. The van der Waals surface area contributed by atoms with Crippen LogP contribution in [0.3, 0.4) is 0 Å². The third kappa shape index (κ3) is 2.32. The summed E-state index contributed by atoms with van der Waals surface area (Å²) in [6.07, 6.45) is 3.62. The van der Waals surface area contributed by atoms with E-state index in [-0.39, 0.29) is 0 Å². The van der Waals surface area contributed by atoms with Gasteiger partial charge in [0.25, 0.3) is 5.88 Å². The number of aromatic nitrogens is 2. The standard InChI is InChI=1S/C14H19N3O/c1-4-8-18-14-12(15)13-11(9-10(2)3)6-5-7-17(13)16-14/h5-7H,2,4,8-9,15H2,1,3H3. The second-order valence-corrected chi connectivity index (χ2v) is 4.53. The van der Waals surface area contributed by atoms with Crippen LogP contribution in [0.1, 0.15) is 25.8 Å². The fraction of sp³-hybridized carbons (Fsp3) is 0.357. The molecule has 2 heterocycles. The van der Waals surface area contributed by atoms with Crippen molar-refractivity contribution in [2.24, 2.45) is 0 Å². The third-order valence-corrected chi connectivity index (χ3v) is 2.68. The largest absolute Gasteiger partial charge is 0.475 e. The number of allylic oxidation sites excluding steroid dienone is 1. The van der Waals surface area contributed by atoms with E-state index in [1.54, 1.807) is 4.52 Å². The molecule has 2 rings (SSSR count). The molecule has 0 amide bonds. The number of fused-ring (bicyclic) bond motifs is 1. The molecule has 4 heteroatoms. The van der Waals surface area contributed by atoms with Gasteiger partial charge in [0.15, 0.2) is 0 Å². The van der Waals surface area contributed by atoms with Gasteiger partial charge in [-0.2, -0.15) is 0 Å². The normalized spacial score (nSPS) is 10.8. The van der Waals surface area contributed by atoms with E-state index in [2.05, 4.69) is 18.6 Å². The third-order valence-electron chi connectivity index (χ3n) is 2.68. The number of hydrogen-bond acceptors (Lipinski definition) is 3. The summed E-state index contributed by atoms with van der Waals surface area (Å²) in [6.45, 7) is 8.63. The van der Waals surface area contributed by atoms with Gasteiger partial charge in [-0.1, -0.05) is 25.1 Å². The van der Waals surface area contributed by atoms with Gasteiger partial charge in [-0.3, -0.25) is 0 Å². The average Bonchev–Trinajstić information content (AvgIpc) is 2.64. The first-order valence-corrected chi connectivity index (χ1v) is 6.16. The Bertz CT molecular complexity index is 572. The number of nitrogens with two attached hydrogens (primary N) is 1. The first-order chi connectivity index (χ1) is 8.63. The van der Waals surface area contributed by atoms with Gasteiger partial charge >= 0.3 is 0 Å². The topological polar surface area (TPSA) is 52.5 Å². The number of anilines is 1. The fourth-order valence-electron chi connectivity index (χ4n) is 1.95. The molecule has 4 nitrogen and oxygen atoms in total. The molecule has 18 heavy (non-hydrogen) atoms. The van der Waals surface area contributed by atoms with Crippen molar-refractivity contribution in [3.8, 4) is 5.88 Å². The molecule has 0 aromatic carbocycles. The van der Waals surface area contributed by atoms with Crippen molar-refractivity contribution in [2.75, 3.05) is 12.3 Å². The van der Waals surface area contributed by atoms with Crippen LogP contribution in [0.15, 0.2) is 30.5 Å². The molecule has 0 aliphatic carbocycles. The van der Waals surface area contributed by atoms with Crippen LogP contribution in [-0.2, 0) is 6.42 Å². The first-order valence-electron chi connectivity index (χ1n) is 6.16. The number of nitrogen functional groups attached to an aromatic ring is 1. The highest BCUT2D eigenvalue weighted by Crippen LogP contribution is 2.28. The van der Waals surface area contributed by atoms with Crippen molar-refractivity contribution >= 4 is 11.2 Å². The van der Waals surface area contributed by atoms with Crippen LogP contribution in [0.4, 0.5) is 5.69 Å². The molecule has 0 saturated heterocycles. The lowest BCUT2D eigenvalue weighted by Gasteiger charge is -2.04. The van der Waals surface area contributed by atoms with Crippen LogP contribution >= 0.6 is 0 Å². The Morgan fingerprint density at radius 1 is 1.56 bits per heavy atom. The van der Waals surface area contributed by atoms with Crippen LogP contribution in [-0.4, -0.2) is 16.2 Å². The Morgan fingerprint density at radius 2 is 2.33 bits per heavy atom. The molecule has 0 spiro atoms. The molecule has 0 unspecified atom stereocenters. The van der Waals surface area contributed by atoms with Crippen LogP contribution in [0, 0.1) is 0 Å². The van der Waals surface area contributed by atoms with E-state index in [0.717, 1.165) is 29.5 Å². The highest BCUT2D eigenvalue weighted by Gasteiger charge is 2.13. The molecule has 0 fully saturated rings. The van der Waals surface area contributed by atoms with Crippen molar-refractivity contribution in [1.29, 1.82) is 0 Å². The van der Waals surface area contributed by atoms with E-state index in [1.807, 2.05) is 25.3 Å². The SMILES string of the molecule is C=C(C)Cc1cccn2nc(OCCC)c(N)c12. The van der Waals surface area contributed by atoms with Crippen LogP contribution in [0.5, 0.6) is 5.88 Å². The van der Waals surface area contributed by atoms with Crippen LogP contribution in [0.2, 0.25) is 0 Å². The zero-order valence-corrected chi connectivity index (χ0v) is 10.9. The minimum absolute atomic E-state index is 0.519. The van der Waals surface area contributed by atoms with Crippen molar-refractivity contribution in [3.63, 3.8) is 0 Å². The second-order valence-electron chi connectivity index (χ2n) is 4.53. The molecule has 2 aromatic rings. The van der Waals surface area contributed by atoms with E-state index in [0.29, 0.717) is 18.2 Å². The van der Waals surface area contributed by atoms with Gasteiger partial charge in [0.05, 0.1) is 12.1 Å². The van der Waals surface area contributed by atoms with Gasteiger partial charge in [0, 0.05) is 6.20 Å². The summed E-state index contributed by atoms with van der Waals surface area (Å²) >= 11 is 0. The Hall–Kier alpha value is -1.97. The van der Waals surface area contributed by atoms with Gasteiger partial charge in [-0.05, 0) is 31.4 Å². The van der Waals surface area contributed by atoms with Gasteiger partial charge in [0.2, 0.25) is 0 Å². The van der Waals surface area contributed by atoms with Crippen LogP contribution < -0.4 is 10.5 Å². The average molecular weight is 245 g/mol. The summed E-state index contributed by atoms with van der Waals surface area (Å²) < 4.78 is 7.33. The number of pyridine rings is 1. The Morgan fingerprint density at radius 3 is 3.00 bits per heavy atom. The molecule has 0 atom stereocenters. The number of hydrogen-bond donors (Lipinski definition) is 1. The maximum atomic E-state index is 6.12. The maximum absolute atomic E-state index is 6.12. The molecule has 0 saturated carbocycles. The smallest absolute Gasteiger partial charge is 0.257 e. The van der Waals surface area contributed by atoms with E-state index in [4.69, 9.17) is 10.5 Å². The van der Waals surface area contributed by atoms with Crippen LogP contribution in [0.25, 0.3) is 5.52 Å². The Labute approximate surface area is 107 Å². The first kappa shape index (κ1) is 12.5. The maximum Gasteiger partial charge on any atom is 0.257 e. The van der Waals surface area contributed by atoms with E-state index >= 15 is 0 Å². The predicted octanol–water partition coefficient (Wildman–Crippen LogP) is 2.82. The quantitative estimate of drug-likeness (QED) is 0.824. The Kier molecular flexibility index (Phi) is 3.55. The summed E-state index contributed by atoms with van der Waals surface area (Å²) in [5, 5.41) is 4.36. The summed E-state index contributed by atoms with van der Waals surface area (Å²) in [5.74, 6) is 0.519.